The second kappa shape index (κ2) is 8.01. The van der Waals surface area contributed by atoms with Crippen molar-refractivity contribution in [3.05, 3.63) is 23.3 Å². The van der Waals surface area contributed by atoms with E-state index in [9.17, 15) is 13.5 Å². The van der Waals surface area contributed by atoms with Crippen molar-refractivity contribution in [2.45, 2.75) is 74.9 Å². The molecule has 0 spiro atoms. The van der Waals surface area contributed by atoms with E-state index in [0.29, 0.717) is 53.0 Å². The molecule has 4 bridgehead atoms. The fraction of sp³-hybridized carbons (Fsp3) is 0.769. The number of phenolic OH excluding ortho intramolecular Hbond substituents is 1. The van der Waals surface area contributed by atoms with E-state index < -0.39 is 43.4 Å². The Morgan fingerprint density at radius 3 is 2.11 bits per heavy atom. The lowest BCUT2D eigenvalue weighted by Gasteiger charge is -2.43. The highest BCUT2D eigenvalue weighted by molar-refractivity contribution is 8.33. The quantitative estimate of drug-likeness (QED) is 0.314. The second-order valence-electron chi connectivity index (χ2n) is 12.0. The predicted molar refractivity (Wildman–Crippen MR) is 130 cm³/mol. The Balaban J connectivity index is 1.30. The number of halogens is 4. The minimum Gasteiger partial charge on any atom is -0.507 e. The summed E-state index contributed by atoms with van der Waals surface area (Å²) in [6.45, 7) is 3.26. The smallest absolute Gasteiger partial charge is 0.432 e. The maximum Gasteiger partial charge on any atom is 0.432 e. The van der Waals surface area contributed by atoms with Crippen LogP contribution in [0, 0.1) is 55.3 Å². The van der Waals surface area contributed by atoms with Gasteiger partial charge in [0.25, 0.3) is 0 Å². The summed E-state index contributed by atoms with van der Waals surface area (Å²) in [4.78, 5) is 0.403. The van der Waals surface area contributed by atoms with Crippen LogP contribution in [0.1, 0.15) is 56.1 Å². The highest BCUT2D eigenvalue weighted by Crippen LogP contribution is 2.72. The second-order valence-corrected chi connectivity index (χ2v) is 16.9. The van der Waals surface area contributed by atoms with Crippen LogP contribution in [0.3, 0.4) is 0 Å². The number of aromatic hydroxyl groups is 1. The van der Waals surface area contributed by atoms with Crippen molar-refractivity contribution in [3.63, 3.8) is 0 Å². The van der Waals surface area contributed by atoms with Crippen LogP contribution in [0.4, 0.5) is 17.6 Å². The Morgan fingerprint density at radius 1 is 0.917 bits per heavy atom. The number of aryl methyl sites for hydroxylation is 2. The lowest BCUT2D eigenvalue weighted by molar-refractivity contribution is -0.209. The van der Waals surface area contributed by atoms with E-state index in [-0.39, 0.29) is 35.5 Å². The Hall–Kier alpha value is -1.00. The lowest BCUT2D eigenvalue weighted by Crippen LogP contribution is -2.55. The molecule has 1 heterocycles. The van der Waals surface area contributed by atoms with Crippen LogP contribution in [-0.4, -0.2) is 36.2 Å². The van der Waals surface area contributed by atoms with E-state index >= 15 is 17.6 Å². The summed E-state index contributed by atoms with van der Waals surface area (Å²) < 4.78 is 94.0. The molecule has 202 valence electrons. The van der Waals surface area contributed by atoms with E-state index in [4.69, 9.17) is 3.63 Å². The Morgan fingerprint density at radius 2 is 1.50 bits per heavy atom. The Kier molecular flexibility index (Phi) is 5.62. The predicted octanol–water partition coefficient (Wildman–Crippen LogP) is 6.77. The Labute approximate surface area is 211 Å². The average molecular weight is 551 g/mol. The first-order valence-corrected chi connectivity index (χ1v) is 16.4. The topological polar surface area (TPSA) is 63.6 Å². The number of benzene rings is 1. The molecule has 4 saturated carbocycles. The van der Waals surface area contributed by atoms with Gasteiger partial charge in [-0.15, -0.1) is 0 Å². The standard InChI is InChI=1S/C26H34F4O4S2/c1-14-9-19(10-15(2)24(14)31)35(7-3-4-8-35)34-36(32,33)26(29,30)25(27,28)21-13-18-12-20(21)23-17-6-5-16(11-17)22(18)23/h9-10,16-18,20-23,31H,3-8,11-13H2,1-2H3. The molecule has 0 radical (unpaired) electrons. The molecule has 1 saturated heterocycles. The van der Waals surface area contributed by atoms with E-state index in [1.807, 2.05) is 0 Å². The molecule has 0 amide bonds. The maximum absolute atomic E-state index is 15.7. The zero-order valence-electron chi connectivity index (χ0n) is 20.6. The van der Waals surface area contributed by atoms with Crippen LogP contribution in [-0.2, 0) is 13.7 Å². The summed E-state index contributed by atoms with van der Waals surface area (Å²) in [6.07, 6.45) is 4.70. The summed E-state index contributed by atoms with van der Waals surface area (Å²) >= 11 is 0. The molecule has 5 fully saturated rings. The van der Waals surface area contributed by atoms with E-state index in [1.165, 1.54) is 0 Å². The van der Waals surface area contributed by atoms with Gasteiger partial charge in [-0.25, -0.2) is 3.63 Å². The molecule has 0 aromatic heterocycles. The Bertz CT molecular complexity index is 1160. The summed E-state index contributed by atoms with van der Waals surface area (Å²) in [6, 6.07) is 3.08. The first kappa shape index (κ1) is 25.3. The van der Waals surface area contributed by atoms with Crippen LogP contribution in [0.2, 0.25) is 0 Å². The molecule has 6 rings (SSSR count). The summed E-state index contributed by atoms with van der Waals surface area (Å²) in [5.74, 6) is -5.19. The molecule has 1 aromatic carbocycles. The third-order valence-corrected chi connectivity index (χ3v) is 15.9. The van der Waals surface area contributed by atoms with Gasteiger partial charge in [-0.2, -0.15) is 26.0 Å². The third kappa shape index (κ3) is 3.31. The number of rotatable bonds is 6. The van der Waals surface area contributed by atoms with Crippen LogP contribution in [0.25, 0.3) is 0 Å². The molecule has 7 atom stereocenters. The number of fused-ring (bicyclic) bond motifs is 9. The van der Waals surface area contributed by atoms with Crippen molar-refractivity contribution in [2.24, 2.45) is 41.4 Å². The van der Waals surface area contributed by atoms with Crippen LogP contribution < -0.4 is 0 Å². The molecule has 10 heteroatoms. The SMILES string of the molecule is Cc1cc(S2(OS(=O)(=O)C(F)(F)C(F)(F)C3CC4CC3C3C5CCC(C5)C43)CCCC2)cc(C)c1O. The fourth-order valence-electron chi connectivity index (χ4n) is 8.83. The van der Waals surface area contributed by atoms with Crippen molar-refractivity contribution in [2.75, 3.05) is 11.5 Å². The molecule has 1 aromatic rings. The molecule has 1 aliphatic heterocycles. The molecule has 4 nitrogen and oxygen atoms in total. The molecular formula is C26H34F4O4S2. The largest absolute Gasteiger partial charge is 0.507 e. The number of phenols is 1. The van der Waals surface area contributed by atoms with Crippen LogP contribution in [0.15, 0.2) is 17.0 Å². The van der Waals surface area contributed by atoms with Gasteiger partial charge in [0.1, 0.15) is 5.75 Å². The summed E-state index contributed by atoms with van der Waals surface area (Å²) in [5, 5.41) is 4.82. The number of alkyl halides is 4. The fourth-order valence-corrected chi connectivity index (χ4v) is 14.7. The van der Waals surface area contributed by atoms with Gasteiger partial charge in [-0.3, -0.25) is 0 Å². The number of hydrogen-bond donors (Lipinski definition) is 1. The molecule has 36 heavy (non-hydrogen) atoms. The van der Waals surface area contributed by atoms with Gasteiger partial charge in [-0.05, 0) is 118 Å². The zero-order valence-corrected chi connectivity index (χ0v) is 22.2. The van der Waals surface area contributed by atoms with Crippen LogP contribution in [0.5, 0.6) is 5.75 Å². The summed E-state index contributed by atoms with van der Waals surface area (Å²) in [5.41, 5.74) is 0.925. The van der Waals surface area contributed by atoms with Gasteiger partial charge in [0, 0.05) is 22.3 Å². The molecule has 1 N–H and O–H groups in total. The third-order valence-electron chi connectivity index (χ3n) is 10.2. The molecule has 7 unspecified atom stereocenters. The van der Waals surface area contributed by atoms with Crippen molar-refractivity contribution in [1.29, 1.82) is 0 Å². The highest BCUT2D eigenvalue weighted by atomic mass is 32.3. The van der Waals surface area contributed by atoms with Crippen molar-refractivity contribution in [3.8, 4) is 5.75 Å². The van der Waals surface area contributed by atoms with E-state index in [2.05, 4.69) is 0 Å². The van der Waals surface area contributed by atoms with Crippen LogP contribution >= 0.6 is 10.3 Å². The lowest BCUT2D eigenvalue weighted by atomic mass is 9.66. The van der Waals surface area contributed by atoms with Gasteiger partial charge in [0.15, 0.2) is 0 Å². The van der Waals surface area contributed by atoms with E-state index in [0.717, 1.165) is 19.3 Å². The summed E-state index contributed by atoms with van der Waals surface area (Å²) in [7, 11) is -8.71. The minimum absolute atomic E-state index is 0.000318. The van der Waals surface area contributed by atoms with Gasteiger partial charge >= 0.3 is 21.3 Å². The monoisotopic (exact) mass is 550 g/mol. The van der Waals surface area contributed by atoms with Crippen molar-refractivity contribution in [1.82, 2.24) is 0 Å². The van der Waals surface area contributed by atoms with Crippen molar-refractivity contribution < 1.29 is 34.7 Å². The number of hydrogen-bond acceptors (Lipinski definition) is 4. The van der Waals surface area contributed by atoms with E-state index in [1.54, 1.807) is 26.0 Å². The average Bonchev–Trinajstić information content (AvgIpc) is 3.62. The minimum atomic E-state index is -5.94. The van der Waals surface area contributed by atoms with Gasteiger partial charge < -0.3 is 5.11 Å². The molecule has 4 aliphatic carbocycles. The maximum atomic E-state index is 15.7. The normalized spacial score (nSPS) is 38.0. The first-order chi connectivity index (χ1) is 16.8. The first-order valence-electron chi connectivity index (χ1n) is 13.1. The van der Waals surface area contributed by atoms with Gasteiger partial charge in [0.05, 0.1) is 0 Å². The highest BCUT2D eigenvalue weighted by Gasteiger charge is 2.76. The zero-order chi connectivity index (χ0) is 25.8. The van der Waals surface area contributed by atoms with Gasteiger partial charge in [0.2, 0.25) is 0 Å². The van der Waals surface area contributed by atoms with Crippen molar-refractivity contribution >= 4 is 20.4 Å². The molecular weight excluding hydrogens is 516 g/mol. The molecule has 5 aliphatic rings. The van der Waals surface area contributed by atoms with Gasteiger partial charge in [-0.1, -0.05) is 10.3 Å².